The molecule has 1 N–H and O–H groups in total. The van der Waals surface area contributed by atoms with Crippen LogP contribution in [0.1, 0.15) is 12.8 Å². The second kappa shape index (κ2) is 5.89. The van der Waals surface area contributed by atoms with Crippen LogP contribution in [-0.4, -0.2) is 83.9 Å². The zero-order valence-electron chi connectivity index (χ0n) is 11.1. The van der Waals surface area contributed by atoms with Gasteiger partial charge in [-0.05, 0) is 26.1 Å². The van der Waals surface area contributed by atoms with E-state index in [-0.39, 0.29) is 0 Å². The largest absolute Gasteiger partial charge is 0.387 e. The van der Waals surface area contributed by atoms with E-state index in [2.05, 4.69) is 27.4 Å². The first-order valence-electron chi connectivity index (χ1n) is 6.54. The fraction of sp³-hybridized carbons (Fsp3) is 1.00. The van der Waals surface area contributed by atoms with E-state index in [1.165, 1.54) is 0 Å². The third-order valence-corrected chi connectivity index (χ3v) is 4.72. The monoisotopic (exact) mass is 259 g/mol. The molecule has 2 aliphatic heterocycles. The van der Waals surface area contributed by atoms with Gasteiger partial charge in [0, 0.05) is 45.8 Å². The summed E-state index contributed by atoms with van der Waals surface area (Å²) in [7, 11) is 2.17. The number of rotatable bonds is 3. The van der Waals surface area contributed by atoms with E-state index in [0.29, 0.717) is 0 Å². The molecule has 0 aromatic rings. The lowest BCUT2D eigenvalue weighted by Gasteiger charge is -2.42. The molecule has 0 saturated carbocycles. The van der Waals surface area contributed by atoms with Gasteiger partial charge in [0.25, 0.3) is 0 Å². The van der Waals surface area contributed by atoms with Crippen LogP contribution in [0.15, 0.2) is 0 Å². The fourth-order valence-corrected chi connectivity index (χ4v) is 3.46. The molecule has 0 aromatic carbocycles. The SMILES string of the molecule is CSN1CCCC(O)(CN2CCN(C)CC2)C1. The van der Waals surface area contributed by atoms with Gasteiger partial charge in [0.1, 0.15) is 0 Å². The summed E-state index contributed by atoms with van der Waals surface area (Å²) >= 11 is 1.76. The molecular weight excluding hydrogens is 234 g/mol. The highest BCUT2D eigenvalue weighted by Gasteiger charge is 2.35. The van der Waals surface area contributed by atoms with E-state index in [1.54, 1.807) is 11.9 Å². The standard InChI is InChI=1S/C12H25N3OS/c1-13-6-8-14(9-7-13)10-12(16)4-3-5-15(11-12)17-2/h16H,3-11H2,1-2H3. The highest BCUT2D eigenvalue weighted by molar-refractivity contribution is 7.96. The number of hydrogen-bond donors (Lipinski definition) is 1. The molecule has 0 amide bonds. The van der Waals surface area contributed by atoms with Gasteiger partial charge >= 0.3 is 0 Å². The molecule has 4 nitrogen and oxygen atoms in total. The summed E-state index contributed by atoms with van der Waals surface area (Å²) < 4.78 is 2.29. The summed E-state index contributed by atoms with van der Waals surface area (Å²) in [6.45, 7) is 7.23. The van der Waals surface area contributed by atoms with Gasteiger partial charge in [-0.1, -0.05) is 11.9 Å². The van der Waals surface area contributed by atoms with E-state index >= 15 is 0 Å². The van der Waals surface area contributed by atoms with Crippen LogP contribution in [0.4, 0.5) is 0 Å². The van der Waals surface area contributed by atoms with Crippen molar-refractivity contribution in [1.82, 2.24) is 14.1 Å². The Balaban J connectivity index is 1.84. The minimum Gasteiger partial charge on any atom is -0.387 e. The van der Waals surface area contributed by atoms with Crippen molar-refractivity contribution < 1.29 is 5.11 Å². The van der Waals surface area contributed by atoms with E-state index < -0.39 is 5.60 Å². The normalized spacial score (nSPS) is 34.1. The lowest BCUT2D eigenvalue weighted by Crippen LogP contribution is -2.56. The van der Waals surface area contributed by atoms with Crippen LogP contribution >= 0.6 is 11.9 Å². The lowest BCUT2D eigenvalue weighted by molar-refractivity contribution is -0.0398. The Labute approximate surface area is 109 Å². The molecule has 2 fully saturated rings. The second-order valence-corrected chi connectivity index (χ2v) is 6.33. The first-order chi connectivity index (χ1) is 8.11. The number of likely N-dealkylation sites (N-methyl/N-ethyl adjacent to an activating group) is 1. The summed E-state index contributed by atoms with van der Waals surface area (Å²) in [4.78, 5) is 4.78. The van der Waals surface area contributed by atoms with Crippen LogP contribution in [0.25, 0.3) is 0 Å². The molecule has 100 valence electrons. The van der Waals surface area contributed by atoms with Crippen LogP contribution < -0.4 is 0 Å². The summed E-state index contributed by atoms with van der Waals surface area (Å²) in [6.07, 6.45) is 4.17. The van der Waals surface area contributed by atoms with Crippen LogP contribution in [0, 0.1) is 0 Å². The van der Waals surface area contributed by atoms with Gasteiger partial charge in [0.2, 0.25) is 0 Å². The van der Waals surface area contributed by atoms with Gasteiger partial charge in [-0.15, -0.1) is 0 Å². The van der Waals surface area contributed by atoms with Crippen molar-refractivity contribution in [3.8, 4) is 0 Å². The lowest BCUT2D eigenvalue weighted by atomic mass is 9.93. The van der Waals surface area contributed by atoms with E-state index in [0.717, 1.165) is 58.7 Å². The quantitative estimate of drug-likeness (QED) is 0.739. The molecule has 0 radical (unpaired) electrons. The number of β-amino-alcohol motifs (C(OH)–C–C–N with tert-alkyl or cyclic N) is 1. The molecule has 17 heavy (non-hydrogen) atoms. The van der Waals surface area contributed by atoms with Crippen molar-refractivity contribution in [3.63, 3.8) is 0 Å². The number of piperazine rings is 1. The molecule has 0 aliphatic carbocycles. The third kappa shape index (κ3) is 3.83. The molecule has 5 heteroatoms. The average molecular weight is 259 g/mol. The Morgan fingerprint density at radius 1 is 1.18 bits per heavy atom. The Morgan fingerprint density at radius 3 is 2.53 bits per heavy atom. The van der Waals surface area contributed by atoms with Crippen LogP contribution in [0.3, 0.4) is 0 Å². The number of nitrogens with zero attached hydrogens (tertiary/aromatic N) is 3. The minimum atomic E-state index is -0.489. The molecule has 2 aliphatic rings. The van der Waals surface area contributed by atoms with Gasteiger partial charge in [-0.2, -0.15) is 0 Å². The molecular formula is C12H25N3OS. The van der Waals surface area contributed by atoms with E-state index in [4.69, 9.17) is 0 Å². The smallest absolute Gasteiger partial charge is 0.0910 e. The van der Waals surface area contributed by atoms with Crippen molar-refractivity contribution in [2.45, 2.75) is 18.4 Å². The molecule has 0 bridgehead atoms. The predicted molar refractivity (Wildman–Crippen MR) is 73.2 cm³/mol. The second-order valence-electron chi connectivity index (χ2n) is 5.45. The van der Waals surface area contributed by atoms with Crippen molar-refractivity contribution in [2.24, 2.45) is 0 Å². The van der Waals surface area contributed by atoms with Gasteiger partial charge in [0.05, 0.1) is 5.60 Å². The average Bonchev–Trinajstić information content (AvgIpc) is 2.32. The Kier molecular flexibility index (Phi) is 4.72. The van der Waals surface area contributed by atoms with Crippen LogP contribution in [0.5, 0.6) is 0 Å². The van der Waals surface area contributed by atoms with E-state index in [9.17, 15) is 5.11 Å². The molecule has 2 rings (SSSR count). The topological polar surface area (TPSA) is 30.0 Å². The zero-order chi connectivity index (χ0) is 12.3. The summed E-state index contributed by atoms with van der Waals surface area (Å²) in [5.41, 5.74) is -0.489. The maximum Gasteiger partial charge on any atom is 0.0910 e. The van der Waals surface area contributed by atoms with Crippen LogP contribution in [-0.2, 0) is 0 Å². The number of aliphatic hydroxyl groups is 1. The summed E-state index contributed by atoms with van der Waals surface area (Å²) in [5, 5.41) is 10.7. The summed E-state index contributed by atoms with van der Waals surface area (Å²) in [6, 6.07) is 0. The van der Waals surface area contributed by atoms with Crippen molar-refractivity contribution >= 4 is 11.9 Å². The molecule has 0 aromatic heterocycles. The maximum atomic E-state index is 10.7. The first kappa shape index (κ1) is 13.6. The highest BCUT2D eigenvalue weighted by Crippen LogP contribution is 2.26. The van der Waals surface area contributed by atoms with Crippen LogP contribution in [0.2, 0.25) is 0 Å². The highest BCUT2D eigenvalue weighted by atomic mass is 32.2. The number of piperidine rings is 1. The third-order valence-electron chi connectivity index (χ3n) is 3.89. The summed E-state index contributed by atoms with van der Waals surface area (Å²) in [5.74, 6) is 0. The molecule has 0 spiro atoms. The Morgan fingerprint density at radius 2 is 1.88 bits per heavy atom. The maximum absolute atomic E-state index is 10.7. The molecule has 1 unspecified atom stereocenters. The molecule has 2 saturated heterocycles. The predicted octanol–water partition coefficient (Wildman–Crippen LogP) is 0.339. The first-order valence-corrected chi connectivity index (χ1v) is 7.72. The van der Waals surface area contributed by atoms with Gasteiger partial charge in [0.15, 0.2) is 0 Å². The van der Waals surface area contributed by atoms with Crippen molar-refractivity contribution in [1.29, 1.82) is 0 Å². The Bertz CT molecular complexity index is 246. The van der Waals surface area contributed by atoms with Gasteiger partial charge in [-0.3, -0.25) is 4.90 Å². The van der Waals surface area contributed by atoms with Crippen molar-refractivity contribution in [2.75, 3.05) is 59.1 Å². The zero-order valence-corrected chi connectivity index (χ0v) is 11.9. The van der Waals surface area contributed by atoms with E-state index in [1.807, 2.05) is 0 Å². The minimum absolute atomic E-state index is 0.489. The molecule has 2 heterocycles. The van der Waals surface area contributed by atoms with Crippen molar-refractivity contribution in [3.05, 3.63) is 0 Å². The van der Waals surface area contributed by atoms with Gasteiger partial charge < -0.3 is 10.0 Å². The number of hydrogen-bond acceptors (Lipinski definition) is 5. The van der Waals surface area contributed by atoms with Gasteiger partial charge in [-0.25, -0.2) is 4.31 Å². The Hall–Kier alpha value is 0.190. The molecule has 1 atom stereocenters. The fourth-order valence-electron chi connectivity index (χ4n) is 2.78.